The smallest absolute Gasteiger partial charge is 0.146 e. The molecule has 0 amide bonds. The van der Waals surface area contributed by atoms with Gasteiger partial charge in [0.15, 0.2) is 0 Å². The first-order valence-corrected chi connectivity index (χ1v) is 9.71. The predicted molar refractivity (Wildman–Crippen MR) is 116 cm³/mol. The molecule has 3 aromatic heterocycles. The molecule has 0 atom stereocenters. The molecule has 28 heavy (non-hydrogen) atoms. The molecule has 0 saturated carbocycles. The van der Waals surface area contributed by atoms with E-state index in [0.717, 1.165) is 38.0 Å². The first-order valence-electron chi connectivity index (χ1n) is 8.92. The summed E-state index contributed by atoms with van der Waals surface area (Å²) in [7, 11) is 1.88. The largest absolute Gasteiger partial charge is 0.382 e. The summed E-state index contributed by atoms with van der Waals surface area (Å²) >= 11 is 3.38. The second-order valence-electron chi connectivity index (χ2n) is 6.04. The van der Waals surface area contributed by atoms with Crippen molar-refractivity contribution in [2.75, 3.05) is 5.73 Å². The SMILES string of the molecule is CC.Cc1cn2nc(N)cc2c(C)n1.Cc1nn(C)c2cc(Br)cc(C#N)c12. The lowest BCUT2D eigenvalue weighted by atomic mass is 10.1. The predicted octanol–water partition coefficient (Wildman–Crippen LogP) is 4.47. The van der Waals surface area contributed by atoms with E-state index in [9.17, 15) is 0 Å². The van der Waals surface area contributed by atoms with Gasteiger partial charge in [-0.1, -0.05) is 29.8 Å². The fraction of sp³-hybridized carbons (Fsp3) is 0.300. The van der Waals surface area contributed by atoms with E-state index in [1.165, 1.54) is 0 Å². The lowest BCUT2D eigenvalue weighted by Gasteiger charge is -1.97. The molecular formula is C20H24BrN7. The molecule has 2 N–H and O–H groups in total. The minimum Gasteiger partial charge on any atom is -0.382 e. The monoisotopic (exact) mass is 441 g/mol. The number of benzene rings is 1. The van der Waals surface area contributed by atoms with Gasteiger partial charge in [0.1, 0.15) is 5.82 Å². The number of aryl methyl sites for hydroxylation is 4. The second-order valence-corrected chi connectivity index (χ2v) is 6.95. The van der Waals surface area contributed by atoms with Crippen molar-refractivity contribution in [1.29, 1.82) is 5.26 Å². The van der Waals surface area contributed by atoms with E-state index in [4.69, 9.17) is 11.0 Å². The van der Waals surface area contributed by atoms with Crippen LogP contribution in [0.4, 0.5) is 5.82 Å². The summed E-state index contributed by atoms with van der Waals surface area (Å²) in [6.45, 7) is 9.80. The van der Waals surface area contributed by atoms with E-state index >= 15 is 0 Å². The number of hydrogen-bond acceptors (Lipinski definition) is 5. The Morgan fingerprint density at radius 1 is 1.04 bits per heavy atom. The Morgan fingerprint density at radius 2 is 1.71 bits per heavy atom. The zero-order chi connectivity index (χ0) is 21.0. The highest BCUT2D eigenvalue weighted by Crippen LogP contribution is 2.25. The fourth-order valence-electron chi connectivity index (χ4n) is 2.95. The first kappa shape index (κ1) is 21.4. The van der Waals surface area contributed by atoms with Gasteiger partial charge in [-0.3, -0.25) is 9.67 Å². The van der Waals surface area contributed by atoms with Crippen molar-refractivity contribution in [3.63, 3.8) is 0 Å². The maximum Gasteiger partial charge on any atom is 0.146 e. The Bertz CT molecular complexity index is 1170. The minimum atomic E-state index is 0.533. The average Bonchev–Trinajstić information content (AvgIpc) is 3.16. The third kappa shape index (κ3) is 4.31. The molecule has 4 aromatic rings. The van der Waals surface area contributed by atoms with Gasteiger partial charge in [-0.05, 0) is 32.9 Å². The molecule has 0 aliphatic heterocycles. The average molecular weight is 442 g/mol. The minimum absolute atomic E-state index is 0.533. The van der Waals surface area contributed by atoms with Gasteiger partial charge < -0.3 is 5.73 Å². The van der Waals surface area contributed by atoms with Gasteiger partial charge in [0, 0.05) is 23.0 Å². The van der Waals surface area contributed by atoms with Crippen LogP contribution in [0.3, 0.4) is 0 Å². The number of halogens is 1. The molecule has 0 spiro atoms. The summed E-state index contributed by atoms with van der Waals surface area (Å²) in [4.78, 5) is 4.30. The molecule has 3 heterocycles. The Hall–Kier alpha value is -2.92. The van der Waals surface area contributed by atoms with E-state index in [2.05, 4.69) is 37.2 Å². The normalized spacial score (nSPS) is 10.1. The quantitative estimate of drug-likeness (QED) is 0.433. The summed E-state index contributed by atoms with van der Waals surface area (Å²) in [5.41, 5.74) is 11.0. The Kier molecular flexibility index (Phi) is 6.75. The summed E-state index contributed by atoms with van der Waals surface area (Å²) in [6.07, 6.45) is 1.86. The molecule has 0 saturated heterocycles. The summed E-state index contributed by atoms with van der Waals surface area (Å²) in [6, 6.07) is 7.79. The number of aromatic nitrogens is 5. The van der Waals surface area contributed by atoms with Gasteiger partial charge in [0.05, 0.1) is 45.9 Å². The van der Waals surface area contributed by atoms with Crippen LogP contribution in [-0.4, -0.2) is 24.4 Å². The van der Waals surface area contributed by atoms with Gasteiger partial charge in [-0.2, -0.15) is 15.5 Å². The van der Waals surface area contributed by atoms with E-state index in [1.54, 1.807) is 9.20 Å². The van der Waals surface area contributed by atoms with Crippen LogP contribution < -0.4 is 5.73 Å². The van der Waals surface area contributed by atoms with Gasteiger partial charge in [0.2, 0.25) is 0 Å². The van der Waals surface area contributed by atoms with E-state index in [1.807, 2.05) is 66.1 Å². The second kappa shape index (κ2) is 8.85. The van der Waals surface area contributed by atoms with Gasteiger partial charge >= 0.3 is 0 Å². The van der Waals surface area contributed by atoms with Crippen molar-refractivity contribution in [2.45, 2.75) is 34.6 Å². The van der Waals surface area contributed by atoms with E-state index in [0.29, 0.717) is 11.4 Å². The Balaban J connectivity index is 0.000000186. The highest BCUT2D eigenvalue weighted by Gasteiger charge is 2.10. The lowest BCUT2D eigenvalue weighted by Crippen LogP contribution is -1.95. The van der Waals surface area contributed by atoms with Crippen molar-refractivity contribution in [3.8, 4) is 6.07 Å². The molecular weight excluding hydrogens is 418 g/mol. The van der Waals surface area contributed by atoms with E-state index in [-0.39, 0.29) is 0 Å². The Morgan fingerprint density at radius 3 is 2.36 bits per heavy atom. The number of rotatable bonds is 0. The van der Waals surface area contributed by atoms with Crippen LogP contribution in [0, 0.1) is 32.1 Å². The first-order chi connectivity index (χ1) is 13.3. The highest BCUT2D eigenvalue weighted by molar-refractivity contribution is 9.10. The molecule has 0 aliphatic rings. The zero-order valence-corrected chi connectivity index (χ0v) is 18.5. The highest BCUT2D eigenvalue weighted by atomic mass is 79.9. The number of anilines is 1. The van der Waals surface area contributed by atoms with Crippen LogP contribution in [0.1, 0.15) is 36.5 Å². The zero-order valence-electron chi connectivity index (χ0n) is 16.9. The van der Waals surface area contributed by atoms with Crippen molar-refractivity contribution in [3.05, 3.63) is 51.5 Å². The van der Waals surface area contributed by atoms with E-state index < -0.39 is 0 Å². The maximum atomic E-state index is 8.99. The molecule has 0 radical (unpaired) electrons. The van der Waals surface area contributed by atoms with Crippen LogP contribution >= 0.6 is 15.9 Å². The van der Waals surface area contributed by atoms with Gasteiger partial charge in [-0.15, -0.1) is 0 Å². The van der Waals surface area contributed by atoms with Crippen molar-refractivity contribution < 1.29 is 0 Å². The van der Waals surface area contributed by atoms with Crippen LogP contribution in [-0.2, 0) is 7.05 Å². The third-order valence-corrected chi connectivity index (χ3v) is 4.45. The molecule has 0 fully saturated rings. The number of nitriles is 1. The number of nitrogen functional groups attached to an aromatic ring is 1. The molecule has 0 unspecified atom stereocenters. The van der Waals surface area contributed by atoms with Gasteiger partial charge in [-0.25, -0.2) is 4.52 Å². The maximum absolute atomic E-state index is 8.99. The number of fused-ring (bicyclic) bond motifs is 2. The molecule has 7 nitrogen and oxygen atoms in total. The molecule has 0 bridgehead atoms. The van der Waals surface area contributed by atoms with Crippen LogP contribution in [0.5, 0.6) is 0 Å². The molecule has 4 rings (SSSR count). The topological polar surface area (TPSA) is 97.8 Å². The summed E-state index contributed by atoms with van der Waals surface area (Å²) in [5, 5.41) is 18.3. The molecule has 146 valence electrons. The molecule has 8 heteroatoms. The standard InChI is InChI=1S/C10H8BrN3.C8H10N4.C2H6/c1-6-10-7(5-12)3-8(11)4-9(10)14(2)13-6;1-5-4-12-7(6(2)10-5)3-8(9)11-12;1-2/h3-4H,1-2H3;3-4H,1-2H3,(H2,9,11);1-2H3. The van der Waals surface area contributed by atoms with Crippen molar-refractivity contribution >= 4 is 38.2 Å². The van der Waals surface area contributed by atoms with Crippen LogP contribution in [0.15, 0.2) is 28.9 Å². The van der Waals surface area contributed by atoms with Crippen LogP contribution in [0.2, 0.25) is 0 Å². The number of nitrogens with zero attached hydrogens (tertiary/aromatic N) is 6. The Labute approximate surface area is 172 Å². The number of nitrogens with two attached hydrogens (primary N) is 1. The lowest BCUT2D eigenvalue weighted by molar-refractivity contribution is 0.783. The van der Waals surface area contributed by atoms with Crippen molar-refractivity contribution in [1.82, 2.24) is 24.4 Å². The van der Waals surface area contributed by atoms with Gasteiger partial charge in [0.25, 0.3) is 0 Å². The summed E-state index contributed by atoms with van der Waals surface area (Å²) < 4.78 is 4.45. The number of hydrogen-bond donors (Lipinski definition) is 1. The fourth-order valence-corrected chi connectivity index (χ4v) is 3.40. The van der Waals surface area contributed by atoms with Crippen molar-refractivity contribution in [2.24, 2.45) is 7.05 Å². The van der Waals surface area contributed by atoms with Crippen LogP contribution in [0.25, 0.3) is 16.4 Å². The third-order valence-electron chi connectivity index (χ3n) is 3.99. The summed E-state index contributed by atoms with van der Waals surface area (Å²) in [5.74, 6) is 0.533. The molecule has 0 aliphatic carbocycles. The molecule has 1 aromatic carbocycles.